The summed E-state index contributed by atoms with van der Waals surface area (Å²) >= 11 is 0. The molecular formula is C26H49N3. The van der Waals surface area contributed by atoms with E-state index in [-0.39, 0.29) is 0 Å². The van der Waals surface area contributed by atoms with Crippen molar-refractivity contribution in [2.24, 2.45) is 35.1 Å². The number of nitrogens with zero attached hydrogens (tertiary/aromatic N) is 1. The predicted octanol–water partition coefficient (Wildman–Crippen LogP) is 5.46. The lowest BCUT2D eigenvalue weighted by Gasteiger charge is -2.44. The summed E-state index contributed by atoms with van der Waals surface area (Å²) in [6.45, 7) is 0. The van der Waals surface area contributed by atoms with Gasteiger partial charge in [0.25, 0.3) is 0 Å². The molecule has 4 N–H and O–H groups in total. The van der Waals surface area contributed by atoms with Crippen molar-refractivity contribution in [1.29, 1.82) is 0 Å². The van der Waals surface area contributed by atoms with Gasteiger partial charge in [0.05, 0.1) is 0 Å². The van der Waals surface area contributed by atoms with Gasteiger partial charge in [0.1, 0.15) is 0 Å². The molecule has 0 bridgehead atoms. The molecule has 4 aliphatic carbocycles. The van der Waals surface area contributed by atoms with Gasteiger partial charge in [0, 0.05) is 24.2 Å². The Morgan fingerprint density at radius 1 is 0.517 bits per heavy atom. The Kier molecular flexibility index (Phi) is 7.97. The standard InChI is InChI=1S/C26H49N3/c1-29(26-16-8-22(9-17-26)21-6-12-24(28)13-7-21)25-14-4-20(5-15-25)18-19-2-10-23(27)11-3-19/h19-26H,2-18,27-28H2,1H3. The highest BCUT2D eigenvalue weighted by molar-refractivity contribution is 4.89. The molecule has 0 unspecified atom stereocenters. The zero-order valence-electron chi connectivity index (χ0n) is 19.2. The number of rotatable bonds is 5. The molecule has 168 valence electrons. The molecule has 0 amide bonds. The van der Waals surface area contributed by atoms with Crippen LogP contribution in [0.25, 0.3) is 0 Å². The molecule has 3 nitrogen and oxygen atoms in total. The molecule has 0 aliphatic heterocycles. The van der Waals surface area contributed by atoms with E-state index in [2.05, 4.69) is 11.9 Å². The monoisotopic (exact) mass is 403 g/mol. The second kappa shape index (κ2) is 10.5. The van der Waals surface area contributed by atoms with Gasteiger partial charge in [-0.1, -0.05) is 0 Å². The van der Waals surface area contributed by atoms with Crippen molar-refractivity contribution in [2.75, 3.05) is 7.05 Å². The maximum absolute atomic E-state index is 6.13. The average molecular weight is 404 g/mol. The molecule has 0 heterocycles. The quantitative estimate of drug-likeness (QED) is 0.641. The van der Waals surface area contributed by atoms with Crippen LogP contribution in [0.2, 0.25) is 0 Å². The zero-order chi connectivity index (χ0) is 20.2. The van der Waals surface area contributed by atoms with Crippen molar-refractivity contribution >= 4 is 0 Å². The maximum atomic E-state index is 6.13. The van der Waals surface area contributed by atoms with Crippen LogP contribution in [0.5, 0.6) is 0 Å². The average Bonchev–Trinajstić information content (AvgIpc) is 2.76. The summed E-state index contributed by atoms with van der Waals surface area (Å²) in [6, 6.07) is 2.72. The minimum atomic E-state index is 0.500. The summed E-state index contributed by atoms with van der Waals surface area (Å²) in [5.74, 6) is 3.99. The highest BCUT2D eigenvalue weighted by Crippen LogP contribution is 2.41. The van der Waals surface area contributed by atoms with E-state index in [1.165, 1.54) is 109 Å². The van der Waals surface area contributed by atoms with E-state index >= 15 is 0 Å². The molecule has 3 heteroatoms. The first-order valence-corrected chi connectivity index (χ1v) is 13.3. The van der Waals surface area contributed by atoms with Gasteiger partial charge in [-0.25, -0.2) is 0 Å². The van der Waals surface area contributed by atoms with Gasteiger partial charge in [0.15, 0.2) is 0 Å². The molecule has 0 aromatic heterocycles. The smallest absolute Gasteiger partial charge is 0.00953 e. The van der Waals surface area contributed by atoms with Crippen LogP contribution < -0.4 is 11.5 Å². The number of hydrogen-bond donors (Lipinski definition) is 2. The van der Waals surface area contributed by atoms with Crippen LogP contribution in [-0.2, 0) is 0 Å². The molecule has 29 heavy (non-hydrogen) atoms. The normalized spacial score (nSPS) is 44.7. The first-order chi connectivity index (χ1) is 14.1. The molecule has 0 aromatic carbocycles. The third kappa shape index (κ3) is 5.98. The Bertz CT molecular complexity index is 462. The summed E-state index contributed by atoms with van der Waals surface area (Å²) in [4.78, 5) is 2.82. The van der Waals surface area contributed by atoms with E-state index in [4.69, 9.17) is 11.5 Å². The van der Waals surface area contributed by atoms with Crippen molar-refractivity contribution in [3.05, 3.63) is 0 Å². The lowest BCUT2D eigenvalue weighted by atomic mass is 9.71. The number of hydrogen-bond acceptors (Lipinski definition) is 3. The Morgan fingerprint density at radius 2 is 0.862 bits per heavy atom. The van der Waals surface area contributed by atoms with Crippen LogP contribution in [0.3, 0.4) is 0 Å². The molecule has 0 aromatic rings. The topological polar surface area (TPSA) is 55.3 Å². The molecule has 0 radical (unpaired) electrons. The van der Waals surface area contributed by atoms with E-state index in [0.717, 1.165) is 35.8 Å². The fourth-order valence-electron chi connectivity index (χ4n) is 7.58. The minimum Gasteiger partial charge on any atom is -0.328 e. The van der Waals surface area contributed by atoms with Crippen LogP contribution in [0, 0.1) is 23.7 Å². The largest absolute Gasteiger partial charge is 0.328 e. The molecule has 0 atom stereocenters. The second-order valence-electron chi connectivity index (χ2n) is 11.6. The minimum absolute atomic E-state index is 0.500. The maximum Gasteiger partial charge on any atom is 0.00953 e. The van der Waals surface area contributed by atoms with Crippen molar-refractivity contribution in [2.45, 2.75) is 133 Å². The summed E-state index contributed by atoms with van der Waals surface area (Å²) in [6.07, 6.45) is 24.0. The van der Waals surface area contributed by atoms with Crippen molar-refractivity contribution < 1.29 is 0 Å². The Balaban J connectivity index is 1.15. The second-order valence-corrected chi connectivity index (χ2v) is 11.6. The summed E-state index contributed by atoms with van der Waals surface area (Å²) in [5.41, 5.74) is 12.2. The van der Waals surface area contributed by atoms with Gasteiger partial charge < -0.3 is 16.4 Å². The Labute approximate surface area is 180 Å². The lowest BCUT2D eigenvalue weighted by Crippen LogP contribution is -2.44. The van der Waals surface area contributed by atoms with Crippen molar-refractivity contribution in [3.8, 4) is 0 Å². The van der Waals surface area contributed by atoms with Gasteiger partial charge in [-0.05, 0) is 140 Å². The van der Waals surface area contributed by atoms with Gasteiger partial charge in [0.2, 0.25) is 0 Å². The fraction of sp³-hybridized carbons (Fsp3) is 1.00. The molecular weight excluding hydrogens is 354 g/mol. The number of nitrogens with two attached hydrogens (primary N) is 2. The first kappa shape index (κ1) is 22.1. The first-order valence-electron chi connectivity index (χ1n) is 13.3. The van der Waals surface area contributed by atoms with E-state index in [0.29, 0.717) is 12.1 Å². The summed E-state index contributed by atoms with van der Waals surface area (Å²) < 4.78 is 0. The third-order valence-electron chi connectivity index (χ3n) is 9.75. The molecule has 0 spiro atoms. The molecule has 4 saturated carbocycles. The molecule has 4 aliphatic rings. The SMILES string of the molecule is CN(C1CCC(CC2CCC(N)CC2)CC1)C1CCC(C2CCC(N)CC2)CC1. The van der Waals surface area contributed by atoms with E-state index in [1.54, 1.807) is 0 Å². The van der Waals surface area contributed by atoms with Gasteiger partial charge in [-0.3, -0.25) is 0 Å². The van der Waals surface area contributed by atoms with Crippen molar-refractivity contribution in [1.82, 2.24) is 4.90 Å². The molecule has 4 fully saturated rings. The van der Waals surface area contributed by atoms with Crippen LogP contribution in [0.1, 0.15) is 109 Å². The van der Waals surface area contributed by atoms with E-state index < -0.39 is 0 Å². The molecule has 0 saturated heterocycles. The van der Waals surface area contributed by atoms with Crippen LogP contribution in [0.4, 0.5) is 0 Å². The highest BCUT2D eigenvalue weighted by Gasteiger charge is 2.34. The molecule has 4 rings (SSSR count). The van der Waals surface area contributed by atoms with Crippen LogP contribution in [0.15, 0.2) is 0 Å². The van der Waals surface area contributed by atoms with Gasteiger partial charge in [-0.2, -0.15) is 0 Å². The zero-order valence-corrected chi connectivity index (χ0v) is 19.2. The summed E-state index contributed by atoms with van der Waals surface area (Å²) in [5, 5.41) is 0. The fourth-order valence-corrected chi connectivity index (χ4v) is 7.58. The van der Waals surface area contributed by atoms with Crippen molar-refractivity contribution in [3.63, 3.8) is 0 Å². The Hall–Kier alpha value is -0.120. The predicted molar refractivity (Wildman–Crippen MR) is 124 cm³/mol. The van der Waals surface area contributed by atoms with E-state index in [9.17, 15) is 0 Å². The lowest BCUT2D eigenvalue weighted by molar-refractivity contribution is 0.0675. The highest BCUT2D eigenvalue weighted by atomic mass is 15.2. The van der Waals surface area contributed by atoms with Gasteiger partial charge in [-0.15, -0.1) is 0 Å². The van der Waals surface area contributed by atoms with Crippen LogP contribution >= 0.6 is 0 Å². The van der Waals surface area contributed by atoms with Gasteiger partial charge >= 0.3 is 0 Å². The van der Waals surface area contributed by atoms with E-state index in [1.807, 2.05) is 0 Å². The third-order valence-corrected chi connectivity index (χ3v) is 9.75. The van der Waals surface area contributed by atoms with Crippen LogP contribution in [-0.4, -0.2) is 36.1 Å². The summed E-state index contributed by atoms with van der Waals surface area (Å²) in [7, 11) is 2.46. The Morgan fingerprint density at radius 3 is 1.34 bits per heavy atom.